The fraction of sp³-hybridized carbons (Fsp3) is 0.308. The highest BCUT2D eigenvalue weighted by atomic mass is 19.1. The van der Waals surface area contributed by atoms with E-state index < -0.39 is 0 Å². The molecule has 1 heterocycles. The van der Waals surface area contributed by atoms with Crippen molar-refractivity contribution in [2.75, 3.05) is 5.32 Å². The molecule has 0 spiro atoms. The predicted molar refractivity (Wildman–Crippen MR) is 64.9 cm³/mol. The van der Waals surface area contributed by atoms with Gasteiger partial charge in [-0.3, -0.25) is 10.1 Å². The molecule has 1 aliphatic rings. The highest BCUT2D eigenvalue weighted by Crippen LogP contribution is 2.47. The number of nitrogens with zero attached hydrogens (tertiary/aromatic N) is 2. The van der Waals surface area contributed by atoms with Crippen molar-refractivity contribution in [1.29, 1.82) is 0 Å². The van der Waals surface area contributed by atoms with Gasteiger partial charge in [0.1, 0.15) is 5.82 Å². The Labute approximate surface area is 108 Å². The zero-order valence-corrected chi connectivity index (χ0v) is 10.3. The van der Waals surface area contributed by atoms with Gasteiger partial charge in [0, 0.05) is 5.92 Å². The number of rotatable bonds is 3. The summed E-state index contributed by atoms with van der Waals surface area (Å²) >= 11 is 0. The maximum atomic E-state index is 12.8. The smallest absolute Gasteiger partial charge is 0.315 e. The number of benzene rings is 1. The van der Waals surface area contributed by atoms with Crippen LogP contribution in [0.2, 0.25) is 0 Å². The quantitative estimate of drug-likeness (QED) is 0.920. The lowest BCUT2D eigenvalue weighted by atomic mass is 10.1. The average molecular weight is 261 g/mol. The minimum absolute atomic E-state index is 0.113. The number of nitrogens with one attached hydrogen (secondary N) is 1. The van der Waals surface area contributed by atoms with Gasteiger partial charge in [-0.2, -0.15) is 4.98 Å². The Morgan fingerprint density at radius 2 is 2.16 bits per heavy atom. The van der Waals surface area contributed by atoms with Crippen LogP contribution < -0.4 is 5.32 Å². The molecule has 1 aliphatic carbocycles. The first-order valence-corrected chi connectivity index (χ1v) is 6.00. The summed E-state index contributed by atoms with van der Waals surface area (Å²) in [6.45, 7) is 1.68. The summed E-state index contributed by atoms with van der Waals surface area (Å²) in [6, 6.07) is 6.36. The Kier molecular flexibility index (Phi) is 2.77. The van der Waals surface area contributed by atoms with E-state index in [1.807, 2.05) is 0 Å². The van der Waals surface area contributed by atoms with Gasteiger partial charge in [-0.1, -0.05) is 17.3 Å². The van der Waals surface area contributed by atoms with Crippen LogP contribution in [0.1, 0.15) is 23.7 Å². The number of hydrogen-bond acceptors (Lipinski definition) is 4. The summed E-state index contributed by atoms with van der Waals surface area (Å²) in [6.07, 6.45) is 0.755. The number of halogens is 1. The maximum absolute atomic E-state index is 12.8. The molecule has 0 aliphatic heterocycles. The molecule has 0 bridgehead atoms. The molecule has 1 saturated carbocycles. The van der Waals surface area contributed by atoms with Crippen molar-refractivity contribution in [3.63, 3.8) is 0 Å². The summed E-state index contributed by atoms with van der Waals surface area (Å²) in [4.78, 5) is 15.8. The molecule has 1 fully saturated rings. The van der Waals surface area contributed by atoms with Crippen molar-refractivity contribution in [2.24, 2.45) is 5.92 Å². The van der Waals surface area contributed by atoms with Gasteiger partial charge in [-0.25, -0.2) is 4.39 Å². The molecule has 0 saturated heterocycles. The Balaban J connectivity index is 1.63. The van der Waals surface area contributed by atoms with Crippen LogP contribution in [0.25, 0.3) is 0 Å². The lowest BCUT2D eigenvalue weighted by Gasteiger charge is -2.00. The molecular formula is C13H12FN3O2. The molecule has 5 nitrogen and oxygen atoms in total. The van der Waals surface area contributed by atoms with Gasteiger partial charge in [0.25, 0.3) is 0 Å². The first kappa shape index (κ1) is 11.8. The minimum atomic E-state index is -0.272. The Hall–Kier alpha value is -2.24. The number of hydrogen-bond donors (Lipinski definition) is 1. The van der Waals surface area contributed by atoms with E-state index in [4.69, 9.17) is 4.52 Å². The van der Waals surface area contributed by atoms with E-state index in [1.54, 1.807) is 19.1 Å². The first-order valence-electron chi connectivity index (χ1n) is 6.00. The molecule has 6 heteroatoms. The van der Waals surface area contributed by atoms with E-state index in [9.17, 15) is 9.18 Å². The molecule has 1 amide bonds. The molecule has 2 unspecified atom stereocenters. The van der Waals surface area contributed by atoms with Crippen LogP contribution >= 0.6 is 0 Å². The maximum Gasteiger partial charge on any atom is 0.328 e. The second kappa shape index (κ2) is 4.46. The normalized spacial score (nSPS) is 21.2. The second-order valence-corrected chi connectivity index (χ2v) is 4.64. The van der Waals surface area contributed by atoms with Crippen LogP contribution in [-0.2, 0) is 4.79 Å². The molecule has 1 aromatic carbocycles. The zero-order chi connectivity index (χ0) is 13.4. The standard InChI is InChI=1S/C13H12FN3O2/c1-7-15-13(19-17-7)16-12(18)11-6-10(11)8-2-4-9(14)5-3-8/h2-5,10-11H,6H2,1H3,(H,15,16,17,18). The van der Waals surface area contributed by atoms with Gasteiger partial charge in [-0.05, 0) is 37.0 Å². The van der Waals surface area contributed by atoms with Crippen molar-refractivity contribution in [3.8, 4) is 0 Å². The molecule has 1 N–H and O–H groups in total. The molecule has 3 rings (SSSR count). The number of anilines is 1. The van der Waals surface area contributed by atoms with Gasteiger partial charge in [0.2, 0.25) is 5.91 Å². The molecular weight excluding hydrogens is 249 g/mol. The molecule has 1 aromatic heterocycles. The number of aromatic nitrogens is 2. The summed E-state index contributed by atoms with van der Waals surface area (Å²) in [5.74, 6) is 0.0909. The Bertz CT molecular complexity index is 609. The SMILES string of the molecule is Cc1noc(NC(=O)C2CC2c2ccc(F)cc2)n1. The van der Waals surface area contributed by atoms with Crippen LogP contribution in [0, 0.1) is 18.7 Å². The minimum Gasteiger partial charge on any atom is -0.315 e. The number of amides is 1. The molecule has 0 radical (unpaired) electrons. The van der Waals surface area contributed by atoms with E-state index in [1.165, 1.54) is 12.1 Å². The van der Waals surface area contributed by atoms with Crippen molar-refractivity contribution in [2.45, 2.75) is 19.3 Å². The van der Waals surface area contributed by atoms with Crippen LogP contribution in [0.5, 0.6) is 0 Å². The third kappa shape index (κ3) is 2.47. The largest absolute Gasteiger partial charge is 0.328 e. The van der Waals surface area contributed by atoms with Gasteiger partial charge < -0.3 is 4.52 Å². The molecule has 98 valence electrons. The van der Waals surface area contributed by atoms with E-state index in [-0.39, 0.29) is 29.6 Å². The number of aryl methyl sites for hydroxylation is 1. The first-order chi connectivity index (χ1) is 9.13. The number of carbonyl (C=O) groups excluding carboxylic acids is 1. The fourth-order valence-electron chi connectivity index (χ4n) is 2.11. The highest BCUT2D eigenvalue weighted by molar-refractivity contribution is 5.93. The van der Waals surface area contributed by atoms with Gasteiger partial charge in [0.15, 0.2) is 5.82 Å². The van der Waals surface area contributed by atoms with Crippen molar-refractivity contribution < 1.29 is 13.7 Å². The van der Waals surface area contributed by atoms with Crippen LogP contribution in [0.4, 0.5) is 10.4 Å². The van der Waals surface area contributed by atoms with Gasteiger partial charge in [0.05, 0.1) is 0 Å². The third-order valence-corrected chi connectivity index (χ3v) is 3.18. The van der Waals surface area contributed by atoms with Gasteiger partial charge >= 0.3 is 6.01 Å². The summed E-state index contributed by atoms with van der Waals surface area (Å²) in [5, 5.41) is 6.18. The highest BCUT2D eigenvalue weighted by Gasteiger charge is 2.44. The fourth-order valence-corrected chi connectivity index (χ4v) is 2.11. The van der Waals surface area contributed by atoms with E-state index in [0.717, 1.165) is 12.0 Å². The van der Waals surface area contributed by atoms with Crippen molar-refractivity contribution in [1.82, 2.24) is 10.1 Å². The van der Waals surface area contributed by atoms with Crippen LogP contribution in [0.15, 0.2) is 28.8 Å². The Morgan fingerprint density at radius 1 is 1.42 bits per heavy atom. The lowest BCUT2D eigenvalue weighted by Crippen LogP contribution is -2.14. The van der Waals surface area contributed by atoms with Crippen molar-refractivity contribution >= 4 is 11.9 Å². The molecule has 19 heavy (non-hydrogen) atoms. The summed E-state index contributed by atoms with van der Waals surface area (Å²) in [5.41, 5.74) is 0.975. The monoisotopic (exact) mass is 261 g/mol. The van der Waals surface area contributed by atoms with Crippen LogP contribution in [-0.4, -0.2) is 16.0 Å². The molecule has 2 aromatic rings. The second-order valence-electron chi connectivity index (χ2n) is 4.64. The van der Waals surface area contributed by atoms with Crippen LogP contribution in [0.3, 0.4) is 0 Å². The van der Waals surface area contributed by atoms with Gasteiger partial charge in [-0.15, -0.1) is 0 Å². The number of carbonyl (C=O) groups is 1. The summed E-state index contributed by atoms with van der Waals surface area (Å²) in [7, 11) is 0. The topological polar surface area (TPSA) is 68.0 Å². The van der Waals surface area contributed by atoms with Crippen molar-refractivity contribution in [3.05, 3.63) is 41.5 Å². The zero-order valence-electron chi connectivity index (χ0n) is 10.3. The average Bonchev–Trinajstić information content (AvgIpc) is 3.08. The third-order valence-electron chi connectivity index (χ3n) is 3.18. The molecule has 2 atom stereocenters. The van der Waals surface area contributed by atoms with E-state index in [2.05, 4.69) is 15.5 Å². The lowest BCUT2D eigenvalue weighted by molar-refractivity contribution is -0.117. The van der Waals surface area contributed by atoms with E-state index >= 15 is 0 Å². The summed E-state index contributed by atoms with van der Waals surface area (Å²) < 4.78 is 17.6. The Morgan fingerprint density at radius 3 is 2.79 bits per heavy atom. The predicted octanol–water partition coefficient (Wildman–Crippen LogP) is 2.26. The van der Waals surface area contributed by atoms with E-state index in [0.29, 0.717) is 5.82 Å².